The molecule has 1 aromatic heterocycles. The highest BCUT2D eigenvalue weighted by molar-refractivity contribution is 5.87. The summed E-state index contributed by atoms with van der Waals surface area (Å²) in [6.07, 6.45) is 4.50. The Hall–Kier alpha value is -1.29. The Kier molecular flexibility index (Phi) is 3.71. The van der Waals surface area contributed by atoms with Gasteiger partial charge < -0.3 is 14.6 Å². The van der Waals surface area contributed by atoms with Crippen molar-refractivity contribution in [3.05, 3.63) is 24.0 Å². The molecule has 0 spiro atoms. The van der Waals surface area contributed by atoms with Gasteiger partial charge in [-0.25, -0.2) is 4.79 Å². The van der Waals surface area contributed by atoms with Crippen LogP contribution in [-0.4, -0.2) is 41.2 Å². The summed E-state index contributed by atoms with van der Waals surface area (Å²) in [5.74, 6) is -0.864. The Morgan fingerprint density at radius 1 is 1.57 bits per heavy atom. The van der Waals surface area contributed by atoms with Crippen LogP contribution in [0.4, 0.5) is 0 Å². The normalized spacial score (nSPS) is 10.8. The van der Waals surface area contributed by atoms with Gasteiger partial charge in [0.2, 0.25) is 0 Å². The summed E-state index contributed by atoms with van der Waals surface area (Å²) < 4.78 is 1.91. The van der Waals surface area contributed by atoms with Crippen molar-refractivity contribution < 1.29 is 9.90 Å². The van der Waals surface area contributed by atoms with Crippen LogP contribution in [0.2, 0.25) is 0 Å². The Morgan fingerprint density at radius 2 is 2.29 bits per heavy atom. The molecular formula is C10H16N2O2. The Labute approximate surface area is 83.8 Å². The number of aromatic nitrogens is 1. The van der Waals surface area contributed by atoms with Crippen molar-refractivity contribution in [3.8, 4) is 0 Å². The summed E-state index contributed by atoms with van der Waals surface area (Å²) in [6.45, 7) is 1.88. The maximum Gasteiger partial charge on any atom is 0.337 e. The molecule has 0 aliphatic rings. The molecule has 4 nitrogen and oxygen atoms in total. The van der Waals surface area contributed by atoms with E-state index in [1.165, 1.54) is 0 Å². The lowest BCUT2D eigenvalue weighted by Crippen LogP contribution is -2.14. The molecule has 0 radical (unpaired) electrons. The standard InChI is InChI=1S/C10H16N2O2/c1-11(2)5-3-6-12-7-4-9(8-12)10(13)14/h4,7-8H,3,5-6H2,1-2H3,(H,13,14). The van der Waals surface area contributed by atoms with Crippen LogP contribution in [0, 0.1) is 0 Å². The molecule has 14 heavy (non-hydrogen) atoms. The van der Waals surface area contributed by atoms with Crippen molar-refractivity contribution >= 4 is 5.97 Å². The molecular weight excluding hydrogens is 180 g/mol. The number of carboxylic acids is 1. The molecule has 78 valence electrons. The minimum absolute atomic E-state index is 0.356. The lowest BCUT2D eigenvalue weighted by atomic mass is 10.3. The number of carboxylic acid groups (broad SMARTS) is 1. The van der Waals surface area contributed by atoms with E-state index < -0.39 is 5.97 Å². The van der Waals surface area contributed by atoms with Crippen molar-refractivity contribution in [1.29, 1.82) is 0 Å². The Morgan fingerprint density at radius 3 is 2.79 bits per heavy atom. The van der Waals surface area contributed by atoms with E-state index >= 15 is 0 Å². The van der Waals surface area contributed by atoms with Gasteiger partial charge in [-0.3, -0.25) is 0 Å². The highest BCUT2D eigenvalue weighted by Gasteiger charge is 2.03. The van der Waals surface area contributed by atoms with Gasteiger partial charge in [-0.2, -0.15) is 0 Å². The van der Waals surface area contributed by atoms with Gasteiger partial charge in [0.05, 0.1) is 5.56 Å². The summed E-state index contributed by atoms with van der Waals surface area (Å²) in [5, 5.41) is 8.69. The number of nitrogens with zero attached hydrogens (tertiary/aromatic N) is 2. The number of hydrogen-bond acceptors (Lipinski definition) is 2. The largest absolute Gasteiger partial charge is 0.478 e. The van der Waals surface area contributed by atoms with E-state index in [1.807, 2.05) is 18.7 Å². The molecule has 0 unspecified atom stereocenters. The zero-order valence-electron chi connectivity index (χ0n) is 8.60. The summed E-state index contributed by atoms with van der Waals surface area (Å²) in [7, 11) is 4.05. The van der Waals surface area contributed by atoms with Crippen LogP contribution in [0.15, 0.2) is 18.5 Å². The van der Waals surface area contributed by atoms with E-state index in [9.17, 15) is 4.79 Å². The fourth-order valence-electron chi connectivity index (χ4n) is 1.28. The van der Waals surface area contributed by atoms with Crippen molar-refractivity contribution in [2.45, 2.75) is 13.0 Å². The molecule has 0 aromatic carbocycles. The number of carbonyl (C=O) groups is 1. The molecule has 1 N–H and O–H groups in total. The molecule has 1 heterocycles. The molecule has 0 aliphatic heterocycles. The second-order valence-electron chi connectivity index (χ2n) is 3.60. The summed E-state index contributed by atoms with van der Waals surface area (Å²) in [6, 6.07) is 1.62. The molecule has 0 saturated heterocycles. The quantitative estimate of drug-likeness (QED) is 0.768. The molecule has 1 rings (SSSR count). The van der Waals surface area contributed by atoms with Gasteiger partial charge in [0, 0.05) is 18.9 Å². The first kappa shape index (κ1) is 10.8. The minimum Gasteiger partial charge on any atom is -0.478 e. The first-order valence-electron chi connectivity index (χ1n) is 4.63. The van der Waals surface area contributed by atoms with E-state index in [2.05, 4.69) is 4.90 Å². The third-order valence-corrected chi connectivity index (χ3v) is 2.02. The van der Waals surface area contributed by atoms with E-state index in [0.29, 0.717) is 5.56 Å². The second kappa shape index (κ2) is 4.81. The maximum absolute atomic E-state index is 10.6. The third kappa shape index (κ3) is 3.22. The van der Waals surface area contributed by atoms with Crippen molar-refractivity contribution in [2.75, 3.05) is 20.6 Å². The van der Waals surface area contributed by atoms with Gasteiger partial charge in [-0.15, -0.1) is 0 Å². The van der Waals surface area contributed by atoms with Gasteiger partial charge in [0.25, 0.3) is 0 Å². The third-order valence-electron chi connectivity index (χ3n) is 2.02. The monoisotopic (exact) mass is 196 g/mol. The number of aryl methyl sites for hydroxylation is 1. The van der Waals surface area contributed by atoms with Crippen LogP contribution in [0.3, 0.4) is 0 Å². The average molecular weight is 196 g/mol. The van der Waals surface area contributed by atoms with E-state index in [1.54, 1.807) is 18.5 Å². The Bertz CT molecular complexity index is 305. The fourth-order valence-corrected chi connectivity index (χ4v) is 1.28. The molecule has 0 fully saturated rings. The van der Waals surface area contributed by atoms with Crippen LogP contribution in [0.5, 0.6) is 0 Å². The topological polar surface area (TPSA) is 45.5 Å². The summed E-state index contributed by atoms with van der Waals surface area (Å²) >= 11 is 0. The van der Waals surface area contributed by atoms with E-state index in [4.69, 9.17) is 5.11 Å². The molecule has 1 aromatic rings. The average Bonchev–Trinajstić information content (AvgIpc) is 2.52. The highest BCUT2D eigenvalue weighted by atomic mass is 16.4. The van der Waals surface area contributed by atoms with E-state index in [-0.39, 0.29) is 0 Å². The minimum atomic E-state index is -0.864. The highest BCUT2D eigenvalue weighted by Crippen LogP contribution is 2.02. The predicted octanol–water partition coefficient (Wildman–Crippen LogP) is 1.14. The Balaban J connectivity index is 2.40. The number of hydrogen-bond donors (Lipinski definition) is 1. The van der Waals surface area contributed by atoms with E-state index in [0.717, 1.165) is 19.5 Å². The maximum atomic E-state index is 10.6. The van der Waals surface area contributed by atoms with Crippen LogP contribution in [0.25, 0.3) is 0 Å². The van der Waals surface area contributed by atoms with Gasteiger partial charge in [-0.1, -0.05) is 0 Å². The molecule has 4 heteroatoms. The number of aromatic carboxylic acids is 1. The summed E-state index contributed by atoms with van der Waals surface area (Å²) in [5.41, 5.74) is 0.356. The number of rotatable bonds is 5. The smallest absolute Gasteiger partial charge is 0.337 e. The molecule has 0 aliphatic carbocycles. The van der Waals surface area contributed by atoms with Crippen molar-refractivity contribution in [2.24, 2.45) is 0 Å². The van der Waals surface area contributed by atoms with Gasteiger partial charge in [-0.05, 0) is 33.1 Å². The second-order valence-corrected chi connectivity index (χ2v) is 3.60. The fraction of sp³-hybridized carbons (Fsp3) is 0.500. The zero-order valence-corrected chi connectivity index (χ0v) is 8.60. The van der Waals surface area contributed by atoms with Gasteiger partial charge in [0.15, 0.2) is 0 Å². The van der Waals surface area contributed by atoms with Crippen LogP contribution in [-0.2, 0) is 6.54 Å². The molecule has 0 amide bonds. The SMILES string of the molecule is CN(C)CCCn1ccc(C(=O)O)c1. The first-order chi connectivity index (χ1) is 6.59. The van der Waals surface area contributed by atoms with Gasteiger partial charge >= 0.3 is 5.97 Å². The van der Waals surface area contributed by atoms with Crippen LogP contribution < -0.4 is 0 Å². The van der Waals surface area contributed by atoms with Gasteiger partial charge in [0.1, 0.15) is 0 Å². The molecule has 0 saturated carbocycles. The lowest BCUT2D eigenvalue weighted by Gasteiger charge is -2.09. The van der Waals surface area contributed by atoms with Crippen molar-refractivity contribution in [3.63, 3.8) is 0 Å². The predicted molar refractivity (Wildman–Crippen MR) is 54.6 cm³/mol. The molecule has 0 bridgehead atoms. The van der Waals surface area contributed by atoms with Crippen molar-refractivity contribution in [1.82, 2.24) is 9.47 Å². The summed E-state index contributed by atoms with van der Waals surface area (Å²) in [4.78, 5) is 12.7. The zero-order chi connectivity index (χ0) is 10.6. The van der Waals surface area contributed by atoms with Crippen LogP contribution in [0.1, 0.15) is 16.8 Å². The molecule has 0 atom stereocenters. The van der Waals surface area contributed by atoms with Crippen LogP contribution >= 0.6 is 0 Å². The first-order valence-corrected chi connectivity index (χ1v) is 4.63. The lowest BCUT2D eigenvalue weighted by molar-refractivity contribution is 0.0697.